The third kappa shape index (κ3) is 11.6. The van der Waals surface area contributed by atoms with E-state index in [4.69, 9.17) is 0 Å². The summed E-state index contributed by atoms with van der Waals surface area (Å²) in [6.45, 7) is 5.29. The molecule has 2 aromatic rings. The molecule has 2 atom stereocenters. The fraction of sp³-hybridized carbons (Fsp3) is 0.606. The molecule has 0 fully saturated rings. The Balaban J connectivity index is 1.68. The van der Waals surface area contributed by atoms with Crippen molar-refractivity contribution in [1.82, 2.24) is 4.90 Å². The molecule has 0 aliphatic rings. The number of carbonyl (C=O) groups is 1. The Kier molecular flexibility index (Phi) is 14.8. The van der Waals surface area contributed by atoms with Gasteiger partial charge in [-0.25, -0.2) is 0 Å². The van der Waals surface area contributed by atoms with Crippen LogP contribution in [0, 0.1) is 0 Å². The van der Waals surface area contributed by atoms with Crippen molar-refractivity contribution in [3.8, 4) is 11.5 Å². The lowest BCUT2D eigenvalue weighted by atomic mass is 9.77. The first kappa shape index (κ1) is 30.7. The second-order valence-electron chi connectivity index (χ2n) is 10.7. The zero-order valence-electron chi connectivity index (χ0n) is 23.6. The molecule has 4 nitrogen and oxygen atoms in total. The van der Waals surface area contributed by atoms with Crippen molar-refractivity contribution in [2.24, 2.45) is 0 Å². The highest BCUT2D eigenvalue weighted by atomic mass is 16.3. The van der Waals surface area contributed by atoms with Crippen LogP contribution in [0.2, 0.25) is 0 Å². The maximum Gasteiger partial charge on any atom is 0.222 e. The molecule has 2 unspecified atom stereocenters. The van der Waals surface area contributed by atoms with Gasteiger partial charge in [-0.05, 0) is 72.9 Å². The minimum absolute atomic E-state index is 0.301. The van der Waals surface area contributed by atoms with Gasteiger partial charge in [0.15, 0.2) is 0 Å². The summed E-state index contributed by atoms with van der Waals surface area (Å²) in [4.78, 5) is 14.0. The van der Waals surface area contributed by atoms with Crippen LogP contribution in [0.1, 0.15) is 127 Å². The molecule has 0 spiro atoms. The van der Waals surface area contributed by atoms with Gasteiger partial charge in [0.25, 0.3) is 0 Å². The molecule has 0 radical (unpaired) electrons. The SMILES string of the molecule is CCCCN(C)C(=O)CCCCCCCCCCCC(c1ccc(O)cc1)C(CC)c1ccc(O)cc1. The van der Waals surface area contributed by atoms with E-state index in [0.717, 1.165) is 45.1 Å². The van der Waals surface area contributed by atoms with Crippen LogP contribution in [0.25, 0.3) is 0 Å². The van der Waals surface area contributed by atoms with Gasteiger partial charge in [0.05, 0.1) is 0 Å². The molecule has 0 heterocycles. The summed E-state index contributed by atoms with van der Waals surface area (Å²) in [5.74, 6) is 1.71. The number of benzene rings is 2. The van der Waals surface area contributed by atoms with Crippen molar-refractivity contribution in [1.29, 1.82) is 0 Å². The monoisotopic (exact) mass is 509 g/mol. The Morgan fingerprint density at radius 1 is 0.676 bits per heavy atom. The number of phenols is 2. The molecule has 2 aromatic carbocycles. The van der Waals surface area contributed by atoms with Crippen molar-refractivity contribution in [3.05, 3.63) is 59.7 Å². The minimum Gasteiger partial charge on any atom is -0.508 e. The highest BCUT2D eigenvalue weighted by Gasteiger charge is 2.23. The van der Waals surface area contributed by atoms with Crippen molar-refractivity contribution < 1.29 is 15.0 Å². The molecule has 4 heteroatoms. The molecular formula is C33H51NO3. The number of hydrogen-bond acceptors (Lipinski definition) is 3. The van der Waals surface area contributed by atoms with Crippen LogP contribution >= 0.6 is 0 Å². The third-order valence-electron chi connectivity index (χ3n) is 7.75. The van der Waals surface area contributed by atoms with Gasteiger partial charge in [0.1, 0.15) is 11.5 Å². The smallest absolute Gasteiger partial charge is 0.222 e. The Labute approximate surface area is 226 Å². The van der Waals surface area contributed by atoms with Gasteiger partial charge < -0.3 is 15.1 Å². The van der Waals surface area contributed by atoms with Crippen LogP contribution in [0.3, 0.4) is 0 Å². The van der Waals surface area contributed by atoms with Gasteiger partial charge in [-0.15, -0.1) is 0 Å². The predicted octanol–water partition coefficient (Wildman–Crippen LogP) is 8.92. The number of carbonyl (C=O) groups excluding carboxylic acids is 1. The van der Waals surface area contributed by atoms with E-state index in [9.17, 15) is 15.0 Å². The van der Waals surface area contributed by atoms with E-state index in [1.54, 1.807) is 24.3 Å². The number of unbranched alkanes of at least 4 members (excludes halogenated alkanes) is 9. The van der Waals surface area contributed by atoms with E-state index in [2.05, 4.69) is 38.1 Å². The van der Waals surface area contributed by atoms with Gasteiger partial charge in [-0.2, -0.15) is 0 Å². The quantitative estimate of drug-likeness (QED) is 0.186. The second-order valence-corrected chi connectivity index (χ2v) is 10.7. The van der Waals surface area contributed by atoms with Gasteiger partial charge in [0.2, 0.25) is 5.91 Å². The third-order valence-corrected chi connectivity index (χ3v) is 7.75. The van der Waals surface area contributed by atoms with Crippen LogP contribution < -0.4 is 0 Å². The topological polar surface area (TPSA) is 60.8 Å². The molecule has 0 saturated carbocycles. The Bertz CT molecular complexity index is 862. The van der Waals surface area contributed by atoms with Gasteiger partial charge >= 0.3 is 0 Å². The fourth-order valence-electron chi connectivity index (χ4n) is 5.38. The molecule has 0 aromatic heterocycles. The van der Waals surface area contributed by atoms with Crippen molar-refractivity contribution >= 4 is 5.91 Å². The maximum atomic E-state index is 12.1. The van der Waals surface area contributed by atoms with Crippen LogP contribution in [-0.4, -0.2) is 34.6 Å². The van der Waals surface area contributed by atoms with Crippen molar-refractivity contribution in [3.63, 3.8) is 0 Å². The summed E-state index contributed by atoms with van der Waals surface area (Å²) >= 11 is 0. The standard InChI is InChI=1S/C33H51NO3/c1-4-6-26-34(3)33(37)17-15-13-11-9-7-8-10-12-14-16-32(28-20-24-30(36)25-21-28)31(5-2)27-18-22-29(35)23-19-27/h18-25,31-32,35-36H,4-17,26H2,1-3H3. The number of rotatable bonds is 19. The Morgan fingerprint density at radius 3 is 1.62 bits per heavy atom. The number of nitrogens with zero attached hydrogens (tertiary/aromatic N) is 1. The number of phenolic OH excluding ortho intramolecular Hbond substituents is 2. The highest BCUT2D eigenvalue weighted by Crippen LogP contribution is 2.40. The summed E-state index contributed by atoms with van der Waals surface area (Å²) in [5, 5.41) is 19.5. The largest absolute Gasteiger partial charge is 0.508 e. The number of hydrogen-bond donors (Lipinski definition) is 2. The molecule has 0 bridgehead atoms. The van der Waals surface area contributed by atoms with Crippen LogP contribution in [-0.2, 0) is 4.79 Å². The van der Waals surface area contributed by atoms with Crippen LogP contribution in [0.15, 0.2) is 48.5 Å². The molecule has 206 valence electrons. The van der Waals surface area contributed by atoms with E-state index >= 15 is 0 Å². The molecule has 1 amide bonds. The number of aromatic hydroxyl groups is 2. The summed E-state index contributed by atoms with van der Waals surface area (Å²) in [7, 11) is 1.93. The lowest BCUT2D eigenvalue weighted by Gasteiger charge is -2.28. The summed E-state index contributed by atoms with van der Waals surface area (Å²) in [6.07, 6.45) is 16.1. The lowest BCUT2D eigenvalue weighted by Crippen LogP contribution is -2.27. The molecule has 0 aliphatic heterocycles. The lowest BCUT2D eigenvalue weighted by molar-refractivity contribution is -0.130. The van der Waals surface area contributed by atoms with Gasteiger partial charge in [-0.1, -0.05) is 95.9 Å². The van der Waals surface area contributed by atoms with E-state index in [1.807, 2.05) is 11.9 Å². The van der Waals surface area contributed by atoms with E-state index < -0.39 is 0 Å². The minimum atomic E-state index is 0.301. The van der Waals surface area contributed by atoms with Crippen LogP contribution in [0.4, 0.5) is 0 Å². The van der Waals surface area contributed by atoms with E-state index in [-0.39, 0.29) is 0 Å². The zero-order valence-corrected chi connectivity index (χ0v) is 23.6. The molecule has 37 heavy (non-hydrogen) atoms. The van der Waals surface area contributed by atoms with E-state index in [0.29, 0.717) is 35.7 Å². The molecule has 0 saturated heterocycles. The number of amides is 1. The maximum absolute atomic E-state index is 12.1. The first-order chi connectivity index (χ1) is 18.0. The first-order valence-corrected chi connectivity index (χ1v) is 14.8. The van der Waals surface area contributed by atoms with Crippen molar-refractivity contribution in [2.75, 3.05) is 13.6 Å². The summed E-state index contributed by atoms with van der Waals surface area (Å²) in [6, 6.07) is 15.4. The average Bonchev–Trinajstić information content (AvgIpc) is 2.91. The predicted molar refractivity (Wildman–Crippen MR) is 155 cm³/mol. The van der Waals surface area contributed by atoms with Crippen LogP contribution in [0.5, 0.6) is 11.5 Å². The highest BCUT2D eigenvalue weighted by molar-refractivity contribution is 5.75. The fourth-order valence-corrected chi connectivity index (χ4v) is 5.38. The molecular weight excluding hydrogens is 458 g/mol. The van der Waals surface area contributed by atoms with Crippen molar-refractivity contribution in [2.45, 2.75) is 116 Å². The van der Waals surface area contributed by atoms with E-state index in [1.165, 1.54) is 56.1 Å². The van der Waals surface area contributed by atoms with Gasteiger partial charge in [0, 0.05) is 20.0 Å². The Hall–Kier alpha value is -2.49. The summed E-state index contributed by atoms with van der Waals surface area (Å²) in [5.41, 5.74) is 2.56. The van der Waals surface area contributed by atoms with Gasteiger partial charge in [-0.3, -0.25) is 4.79 Å². The first-order valence-electron chi connectivity index (χ1n) is 14.8. The summed E-state index contributed by atoms with van der Waals surface area (Å²) < 4.78 is 0. The second kappa shape index (κ2) is 17.9. The Morgan fingerprint density at radius 2 is 1.14 bits per heavy atom. The average molecular weight is 510 g/mol. The molecule has 0 aliphatic carbocycles. The molecule has 2 N–H and O–H groups in total. The molecule has 2 rings (SSSR count). The normalized spacial score (nSPS) is 12.8. The zero-order chi connectivity index (χ0) is 26.9.